The van der Waals surface area contributed by atoms with Crippen LogP contribution in [0.15, 0.2) is 120 Å². The van der Waals surface area contributed by atoms with Crippen molar-refractivity contribution in [1.82, 2.24) is 34.8 Å². The molecule has 5 heterocycles. The molecule has 5 aromatic rings. The Bertz CT molecular complexity index is 2380. The fraction of sp³-hybridized carbons (Fsp3) is 0.380. The number of aromatic nitrogens is 1. The number of likely N-dealkylation sites (tertiary alicyclic amines) is 2. The summed E-state index contributed by atoms with van der Waals surface area (Å²) in [7, 11) is 2.10. The fourth-order valence-electron chi connectivity index (χ4n) is 9.64. The number of rotatable bonds is 12. The van der Waals surface area contributed by atoms with Gasteiger partial charge in [-0.15, -0.1) is 0 Å². The molecule has 0 radical (unpaired) electrons. The summed E-state index contributed by atoms with van der Waals surface area (Å²) in [6.07, 6.45) is 4.43. The zero-order chi connectivity index (χ0) is 44.0. The molecule has 4 amide bonds. The first kappa shape index (κ1) is 43.1. The molecule has 4 aliphatic heterocycles. The average molecular weight is 864 g/mol. The van der Waals surface area contributed by atoms with E-state index in [9.17, 15) is 19.2 Å². The summed E-state index contributed by atoms with van der Waals surface area (Å²) in [5.74, 6) is 0.548. The van der Waals surface area contributed by atoms with Gasteiger partial charge in [0.2, 0.25) is 29.5 Å². The number of hydrogen-bond acceptors (Lipinski definition) is 10. The van der Waals surface area contributed by atoms with E-state index in [1.807, 2.05) is 109 Å². The van der Waals surface area contributed by atoms with Crippen LogP contribution in [0, 0.1) is 0 Å². The summed E-state index contributed by atoms with van der Waals surface area (Å²) in [6, 6.07) is 32.6. The van der Waals surface area contributed by atoms with E-state index in [2.05, 4.69) is 42.7 Å². The van der Waals surface area contributed by atoms with Crippen LogP contribution in [-0.4, -0.2) is 138 Å². The van der Waals surface area contributed by atoms with Gasteiger partial charge in [-0.1, -0.05) is 60.7 Å². The summed E-state index contributed by atoms with van der Waals surface area (Å²) in [5.41, 5.74) is 4.68. The van der Waals surface area contributed by atoms with Crippen LogP contribution < -0.4 is 16.0 Å². The van der Waals surface area contributed by atoms with E-state index >= 15 is 0 Å². The zero-order valence-corrected chi connectivity index (χ0v) is 36.4. The number of carbonyl (C=O) groups is 4. The number of anilines is 2. The predicted molar refractivity (Wildman–Crippen MR) is 246 cm³/mol. The summed E-state index contributed by atoms with van der Waals surface area (Å²) < 4.78 is 6.18. The van der Waals surface area contributed by atoms with E-state index in [-0.39, 0.29) is 23.6 Å². The number of oxazole rings is 1. The highest BCUT2D eigenvalue weighted by atomic mass is 16.4. The summed E-state index contributed by atoms with van der Waals surface area (Å²) in [5, 5.41) is 9.48. The number of likely N-dealkylation sites (N-methyl/N-ethyl adjacent to an activating group) is 1. The van der Waals surface area contributed by atoms with Gasteiger partial charge in [-0.25, -0.2) is 4.98 Å². The summed E-state index contributed by atoms with van der Waals surface area (Å²) >= 11 is 0. The number of benzene rings is 4. The van der Waals surface area contributed by atoms with Gasteiger partial charge in [0, 0.05) is 87.9 Å². The molecule has 4 fully saturated rings. The van der Waals surface area contributed by atoms with Crippen molar-refractivity contribution in [3.05, 3.63) is 127 Å². The van der Waals surface area contributed by atoms with Crippen LogP contribution in [0.25, 0.3) is 22.8 Å². The second-order valence-corrected chi connectivity index (χ2v) is 17.3. The van der Waals surface area contributed by atoms with Crippen molar-refractivity contribution in [3.63, 3.8) is 0 Å². The Hall–Kier alpha value is -6.19. The van der Waals surface area contributed by atoms with Gasteiger partial charge in [0.05, 0.1) is 6.20 Å². The number of amides is 4. The van der Waals surface area contributed by atoms with Crippen LogP contribution in [0.5, 0.6) is 0 Å². The Balaban J connectivity index is 0.808. The van der Waals surface area contributed by atoms with Crippen molar-refractivity contribution in [3.8, 4) is 22.8 Å². The molecule has 0 aliphatic carbocycles. The minimum absolute atomic E-state index is 0.0225. The smallest absolute Gasteiger partial charge is 0.247 e. The number of nitrogens with zero attached hydrogens (tertiary/aromatic N) is 6. The summed E-state index contributed by atoms with van der Waals surface area (Å²) in [6.45, 7) is 7.61. The lowest BCUT2D eigenvalue weighted by Crippen LogP contribution is -2.52. The quantitative estimate of drug-likeness (QED) is 0.147. The maximum absolute atomic E-state index is 14.3. The molecule has 3 N–H and O–H groups in total. The van der Waals surface area contributed by atoms with Crippen LogP contribution in [0.3, 0.4) is 0 Å². The van der Waals surface area contributed by atoms with Crippen LogP contribution >= 0.6 is 0 Å². The van der Waals surface area contributed by atoms with Crippen molar-refractivity contribution in [2.75, 3.05) is 83.1 Å². The van der Waals surface area contributed by atoms with E-state index < -0.39 is 24.2 Å². The van der Waals surface area contributed by atoms with Crippen molar-refractivity contribution in [2.24, 2.45) is 0 Å². The largest absolute Gasteiger partial charge is 0.436 e. The molecule has 4 aromatic carbocycles. The van der Waals surface area contributed by atoms with Gasteiger partial charge in [0.25, 0.3) is 0 Å². The van der Waals surface area contributed by atoms with Gasteiger partial charge in [-0.2, -0.15) is 0 Å². The van der Waals surface area contributed by atoms with E-state index in [1.165, 1.54) is 0 Å². The molecule has 332 valence electrons. The molecular formula is C50H57N9O5. The topological polar surface area (TPSA) is 147 Å². The van der Waals surface area contributed by atoms with Gasteiger partial charge in [0.1, 0.15) is 24.2 Å². The Morgan fingerprint density at radius 2 is 1.06 bits per heavy atom. The van der Waals surface area contributed by atoms with Gasteiger partial charge in [-0.05, 0) is 92.4 Å². The first-order valence-corrected chi connectivity index (χ1v) is 22.7. The molecule has 0 spiro atoms. The van der Waals surface area contributed by atoms with Crippen LogP contribution in [0.1, 0.15) is 48.9 Å². The molecule has 14 heteroatoms. The Morgan fingerprint density at radius 1 is 0.594 bits per heavy atom. The van der Waals surface area contributed by atoms with Gasteiger partial charge < -0.3 is 35.1 Å². The third-order valence-electron chi connectivity index (χ3n) is 13.1. The molecule has 0 bridgehead atoms. The molecule has 64 heavy (non-hydrogen) atoms. The van der Waals surface area contributed by atoms with Crippen LogP contribution in [0.4, 0.5) is 11.4 Å². The lowest BCUT2D eigenvalue weighted by Gasteiger charge is -2.39. The monoisotopic (exact) mass is 863 g/mol. The minimum Gasteiger partial charge on any atom is -0.436 e. The standard InChI is InChI=1S/C50H57N9O5/c1-55-30-32-57(33-31-55)45(37-12-6-3-7-13-37)50(63)59-27-9-15-42(59)47(61)54-40-22-18-38(19-23-40)48-52-34-43(64-48)35-16-20-39(21-17-35)53-46(60)41-14-8-26-58(41)49(62)44(36-10-4-2-5-11-36)56-28-24-51-25-29-56/h2-7,10-13,16-23,34,41-42,44-45,51H,8-9,14-15,24-33H2,1H3,(H,53,60)(H,54,61)/t41-,42-,44?,45?/m0/s1. The van der Waals surface area contributed by atoms with Gasteiger partial charge in [-0.3, -0.25) is 29.0 Å². The zero-order valence-electron chi connectivity index (χ0n) is 36.4. The molecule has 0 saturated carbocycles. The number of hydrogen-bond donors (Lipinski definition) is 3. The van der Waals surface area contributed by atoms with Gasteiger partial charge >= 0.3 is 0 Å². The third-order valence-corrected chi connectivity index (χ3v) is 13.1. The highest BCUT2D eigenvalue weighted by Gasteiger charge is 2.42. The Morgan fingerprint density at radius 3 is 1.56 bits per heavy atom. The molecule has 1 aromatic heterocycles. The van der Waals surface area contributed by atoms with Crippen molar-refractivity contribution in [2.45, 2.75) is 49.9 Å². The first-order valence-electron chi connectivity index (χ1n) is 22.7. The highest BCUT2D eigenvalue weighted by molar-refractivity contribution is 5.99. The molecule has 9 rings (SSSR count). The molecule has 2 unspecified atom stereocenters. The lowest BCUT2D eigenvalue weighted by atomic mass is 10.0. The number of carbonyl (C=O) groups excluding carboxylic acids is 4. The maximum Gasteiger partial charge on any atom is 0.247 e. The summed E-state index contributed by atoms with van der Waals surface area (Å²) in [4.78, 5) is 70.7. The molecule has 4 saturated heterocycles. The normalized spacial score (nSPS) is 20.8. The van der Waals surface area contributed by atoms with Crippen LogP contribution in [0.2, 0.25) is 0 Å². The minimum atomic E-state index is -0.554. The van der Waals surface area contributed by atoms with Gasteiger partial charge in [0.15, 0.2) is 5.76 Å². The van der Waals surface area contributed by atoms with E-state index in [0.717, 1.165) is 87.5 Å². The maximum atomic E-state index is 14.3. The van der Waals surface area contributed by atoms with E-state index in [0.29, 0.717) is 49.0 Å². The lowest BCUT2D eigenvalue weighted by molar-refractivity contribution is -0.142. The molecular weight excluding hydrogens is 807 g/mol. The van der Waals surface area contributed by atoms with E-state index in [1.54, 1.807) is 16.0 Å². The average Bonchev–Trinajstić information content (AvgIpc) is 4.14. The molecule has 4 atom stereocenters. The van der Waals surface area contributed by atoms with Crippen LogP contribution in [-0.2, 0) is 19.2 Å². The van der Waals surface area contributed by atoms with Crippen molar-refractivity contribution < 1.29 is 23.6 Å². The third kappa shape index (κ3) is 9.51. The SMILES string of the molecule is CN1CCN(C(C(=O)N2CCC[C@H]2C(=O)Nc2ccc(-c3ncc(-c4ccc(NC(=O)[C@@H]5CCCN5C(=O)C(c5ccccc5)N5CCNCC5)cc4)o3)cc2)c2ccccc2)CC1. The molecule has 4 aliphatic rings. The van der Waals surface area contributed by atoms with Crippen molar-refractivity contribution >= 4 is 35.0 Å². The predicted octanol–water partition coefficient (Wildman–Crippen LogP) is 5.50. The number of nitrogens with one attached hydrogen (secondary N) is 3. The fourth-order valence-corrected chi connectivity index (χ4v) is 9.64. The van der Waals surface area contributed by atoms with Crippen molar-refractivity contribution in [1.29, 1.82) is 0 Å². The Kier molecular flexibility index (Phi) is 13.3. The first-order chi connectivity index (χ1) is 31.3. The highest BCUT2D eigenvalue weighted by Crippen LogP contribution is 2.33. The molecule has 14 nitrogen and oxygen atoms in total. The number of piperazine rings is 2. The second kappa shape index (κ2) is 19.7. The second-order valence-electron chi connectivity index (χ2n) is 17.3. The van der Waals surface area contributed by atoms with E-state index in [4.69, 9.17) is 4.42 Å². The Labute approximate surface area is 374 Å².